The summed E-state index contributed by atoms with van der Waals surface area (Å²) in [5.41, 5.74) is 0. The van der Waals surface area contributed by atoms with E-state index in [1.807, 2.05) is 33.3 Å². The molecular weight excluding hydrogens is 880 g/mol. The summed E-state index contributed by atoms with van der Waals surface area (Å²) in [6.07, 6.45) is 61.6. The highest BCUT2D eigenvalue weighted by atomic mass is 31.2. The Morgan fingerprint density at radius 1 is 0.522 bits per heavy atom. The van der Waals surface area contributed by atoms with Gasteiger partial charge < -0.3 is 28.5 Å². The molecule has 0 rings (SSSR count). The van der Waals surface area contributed by atoms with Gasteiger partial charge in [0.05, 0.1) is 33.8 Å². The summed E-state index contributed by atoms with van der Waals surface area (Å²) in [5.74, 6) is -0.608. The molecule has 400 valence electrons. The van der Waals surface area contributed by atoms with E-state index in [1.54, 1.807) is 0 Å². The van der Waals surface area contributed by atoms with Gasteiger partial charge in [-0.05, 0) is 70.3 Å². The van der Waals surface area contributed by atoms with Gasteiger partial charge in [-0.25, -0.2) is 0 Å². The quantitative estimate of drug-likeness (QED) is 0.0212. The highest BCUT2D eigenvalue weighted by molar-refractivity contribution is 7.45. The van der Waals surface area contributed by atoms with Crippen molar-refractivity contribution in [3.8, 4) is 0 Å². The van der Waals surface area contributed by atoms with Crippen LogP contribution in [-0.4, -0.2) is 69.4 Å². The number of ether oxygens (including phenoxy) is 1. The van der Waals surface area contributed by atoms with Crippen LogP contribution in [0.4, 0.5) is 0 Å². The molecule has 0 heterocycles. The molecule has 1 N–H and O–H groups in total. The number of amides is 1. The van der Waals surface area contributed by atoms with Crippen LogP contribution in [0.5, 0.6) is 0 Å². The number of esters is 1. The predicted octanol–water partition coefficient (Wildman–Crippen LogP) is 16.3. The van der Waals surface area contributed by atoms with E-state index in [4.69, 9.17) is 13.8 Å². The number of nitrogens with one attached hydrogen (secondary N) is 1. The topological polar surface area (TPSA) is 114 Å². The first-order valence-electron chi connectivity index (χ1n) is 28.2. The SMILES string of the molecule is CC/C=C\C/C=C\C/C=C\C/C=C\C/C=C\CCCC(=O)NC(COP(=O)([O-])OCC[N+](C)(C)C)C(/C=C/CCCCCCCCCCCCC)OC(=O)CCCCCCCCCCCCCCC. The Balaban J connectivity index is 5.48. The molecule has 0 aliphatic carbocycles. The molecule has 10 heteroatoms. The fourth-order valence-corrected chi connectivity index (χ4v) is 8.52. The van der Waals surface area contributed by atoms with Gasteiger partial charge in [0.2, 0.25) is 5.91 Å². The molecule has 0 aromatic rings. The third-order valence-electron chi connectivity index (χ3n) is 12.2. The first-order chi connectivity index (χ1) is 33.4. The van der Waals surface area contributed by atoms with Gasteiger partial charge in [0, 0.05) is 12.8 Å². The lowest BCUT2D eigenvalue weighted by Gasteiger charge is -2.30. The van der Waals surface area contributed by atoms with Gasteiger partial charge in [0.15, 0.2) is 0 Å². The van der Waals surface area contributed by atoms with Gasteiger partial charge in [-0.15, -0.1) is 0 Å². The van der Waals surface area contributed by atoms with E-state index in [0.717, 1.165) is 77.0 Å². The van der Waals surface area contributed by atoms with Crippen molar-refractivity contribution < 1.29 is 37.3 Å². The molecule has 0 fully saturated rings. The largest absolute Gasteiger partial charge is 0.756 e. The predicted molar refractivity (Wildman–Crippen MR) is 293 cm³/mol. The number of phosphoric ester groups is 1. The first kappa shape index (κ1) is 66.5. The summed E-state index contributed by atoms with van der Waals surface area (Å²) in [4.78, 5) is 39.8. The van der Waals surface area contributed by atoms with Crippen LogP contribution in [-0.2, 0) is 27.9 Å². The molecule has 0 saturated heterocycles. The summed E-state index contributed by atoms with van der Waals surface area (Å²) in [7, 11) is 1.15. The van der Waals surface area contributed by atoms with E-state index >= 15 is 0 Å². The monoisotopic (exact) mass is 987 g/mol. The lowest BCUT2D eigenvalue weighted by molar-refractivity contribution is -0.870. The second kappa shape index (κ2) is 49.0. The molecule has 69 heavy (non-hydrogen) atoms. The molecule has 0 spiro atoms. The van der Waals surface area contributed by atoms with Crippen molar-refractivity contribution in [1.29, 1.82) is 0 Å². The Morgan fingerprint density at radius 3 is 1.41 bits per heavy atom. The van der Waals surface area contributed by atoms with Crippen molar-refractivity contribution in [2.45, 2.75) is 251 Å². The Hall–Kier alpha value is -2.55. The minimum absolute atomic E-state index is 0.0342. The van der Waals surface area contributed by atoms with Crippen molar-refractivity contribution in [3.63, 3.8) is 0 Å². The third-order valence-corrected chi connectivity index (χ3v) is 13.1. The maximum Gasteiger partial charge on any atom is 0.306 e. The average Bonchev–Trinajstić information content (AvgIpc) is 3.31. The number of carbonyl (C=O) groups excluding carboxylic acids is 2. The summed E-state index contributed by atoms with van der Waals surface area (Å²) in [6.45, 7) is 6.68. The number of allylic oxidation sites excluding steroid dienone is 11. The molecule has 0 aliphatic heterocycles. The summed E-state index contributed by atoms with van der Waals surface area (Å²) >= 11 is 0. The van der Waals surface area contributed by atoms with Crippen molar-refractivity contribution in [1.82, 2.24) is 5.32 Å². The van der Waals surface area contributed by atoms with Gasteiger partial charge in [0.25, 0.3) is 7.82 Å². The van der Waals surface area contributed by atoms with Crippen LogP contribution >= 0.6 is 7.82 Å². The van der Waals surface area contributed by atoms with Crippen LogP contribution in [0.15, 0.2) is 72.9 Å². The minimum Gasteiger partial charge on any atom is -0.756 e. The van der Waals surface area contributed by atoms with E-state index in [0.29, 0.717) is 17.4 Å². The van der Waals surface area contributed by atoms with Crippen molar-refractivity contribution in [2.24, 2.45) is 0 Å². The molecular formula is C59H107N2O7P. The number of unbranched alkanes of at least 4 members (excludes halogenated alkanes) is 24. The number of hydrogen-bond acceptors (Lipinski definition) is 7. The zero-order valence-corrected chi connectivity index (χ0v) is 46.4. The van der Waals surface area contributed by atoms with Crippen LogP contribution in [0.1, 0.15) is 239 Å². The maximum atomic E-state index is 13.4. The lowest BCUT2D eigenvalue weighted by atomic mass is 10.0. The minimum atomic E-state index is -4.71. The zero-order valence-electron chi connectivity index (χ0n) is 45.5. The number of rotatable bonds is 50. The smallest absolute Gasteiger partial charge is 0.306 e. The van der Waals surface area contributed by atoms with Crippen LogP contribution < -0.4 is 10.2 Å². The van der Waals surface area contributed by atoms with E-state index in [1.165, 1.54) is 122 Å². The number of hydrogen-bond donors (Lipinski definition) is 1. The van der Waals surface area contributed by atoms with Gasteiger partial charge in [-0.1, -0.05) is 229 Å². The van der Waals surface area contributed by atoms with Crippen molar-refractivity contribution in [2.75, 3.05) is 40.9 Å². The molecule has 0 radical (unpaired) electrons. The van der Waals surface area contributed by atoms with Crippen LogP contribution in [0.2, 0.25) is 0 Å². The summed E-state index contributed by atoms with van der Waals surface area (Å²) < 4.78 is 30.2. The number of nitrogens with zero attached hydrogens (tertiary/aromatic N) is 1. The van der Waals surface area contributed by atoms with Crippen molar-refractivity contribution >= 4 is 19.7 Å². The Bertz CT molecular complexity index is 1420. The van der Waals surface area contributed by atoms with Crippen molar-refractivity contribution in [3.05, 3.63) is 72.9 Å². The van der Waals surface area contributed by atoms with Gasteiger partial charge in [-0.3, -0.25) is 14.2 Å². The Labute approximate surface area is 425 Å². The molecule has 0 aromatic heterocycles. The Kier molecular flexibility index (Phi) is 47.2. The standard InChI is InChI=1S/C59H107N2O7P/c1-7-10-13-16-19-22-25-28-29-30-31-34-36-39-42-45-48-51-58(62)60-56(55-67-69(64,65)66-54-53-61(4,5)6)57(50-47-44-41-38-35-32-26-23-20-17-14-11-8-2)68-59(63)52-49-46-43-40-37-33-27-24-21-18-15-12-9-3/h10,13,19,22,28-29,31,34,39,42,47,50,56-57H,7-9,11-12,14-18,20-21,23-27,30,32-33,35-38,40-41,43-46,48-49,51-55H2,1-6H3,(H-,60,62,64,65)/b13-10-,22-19-,29-28-,34-31-,42-39-,50-47+. The van der Waals surface area contributed by atoms with E-state index in [9.17, 15) is 19.0 Å². The molecule has 3 unspecified atom stereocenters. The number of carbonyl (C=O) groups is 2. The average molecular weight is 987 g/mol. The zero-order chi connectivity index (χ0) is 50.8. The normalized spacial score (nSPS) is 14.4. The fraction of sp³-hybridized carbons (Fsp3) is 0.763. The number of likely N-dealkylation sites (N-methyl/N-ethyl adjacent to an activating group) is 1. The van der Waals surface area contributed by atoms with Crippen LogP contribution in [0.3, 0.4) is 0 Å². The molecule has 9 nitrogen and oxygen atoms in total. The molecule has 0 aliphatic rings. The van der Waals surface area contributed by atoms with Crippen LogP contribution in [0, 0.1) is 0 Å². The fourth-order valence-electron chi connectivity index (χ4n) is 7.79. The third kappa shape index (κ3) is 50.2. The van der Waals surface area contributed by atoms with Gasteiger partial charge in [-0.2, -0.15) is 0 Å². The maximum absolute atomic E-state index is 13.4. The highest BCUT2D eigenvalue weighted by Gasteiger charge is 2.27. The molecule has 3 atom stereocenters. The van der Waals surface area contributed by atoms with E-state index in [-0.39, 0.29) is 31.3 Å². The molecule has 0 aromatic carbocycles. The lowest BCUT2D eigenvalue weighted by Crippen LogP contribution is -2.47. The molecule has 0 bridgehead atoms. The second-order valence-electron chi connectivity index (χ2n) is 20.1. The Morgan fingerprint density at radius 2 is 0.942 bits per heavy atom. The summed E-state index contributed by atoms with van der Waals surface area (Å²) in [5, 5.41) is 2.98. The number of phosphoric acid groups is 1. The summed E-state index contributed by atoms with van der Waals surface area (Å²) in [6, 6.07) is -0.917. The molecule has 1 amide bonds. The van der Waals surface area contributed by atoms with Gasteiger partial charge >= 0.3 is 5.97 Å². The highest BCUT2D eigenvalue weighted by Crippen LogP contribution is 2.38. The second-order valence-corrected chi connectivity index (χ2v) is 21.5. The van der Waals surface area contributed by atoms with E-state index < -0.39 is 26.6 Å². The van der Waals surface area contributed by atoms with E-state index in [2.05, 4.69) is 86.8 Å². The first-order valence-corrected chi connectivity index (χ1v) is 29.7. The number of quaternary nitrogens is 1. The van der Waals surface area contributed by atoms with Crippen LogP contribution in [0.25, 0.3) is 0 Å². The van der Waals surface area contributed by atoms with Gasteiger partial charge in [0.1, 0.15) is 19.3 Å². The molecule has 0 saturated carbocycles.